The third-order valence-electron chi connectivity index (χ3n) is 4.10. The van der Waals surface area contributed by atoms with E-state index in [-0.39, 0.29) is 18.4 Å². The minimum Gasteiger partial charge on any atom is -0.454 e. The second-order valence-electron chi connectivity index (χ2n) is 5.44. The molecule has 1 aromatic carbocycles. The lowest BCUT2D eigenvalue weighted by Crippen LogP contribution is -2.20. The Balaban J connectivity index is 2.00. The summed E-state index contributed by atoms with van der Waals surface area (Å²) in [7, 11) is 1.98. The van der Waals surface area contributed by atoms with Crippen molar-refractivity contribution in [3.63, 3.8) is 0 Å². The topological polar surface area (TPSA) is 47.7 Å². The molecule has 2 aliphatic rings. The van der Waals surface area contributed by atoms with E-state index in [0.29, 0.717) is 24.0 Å². The van der Waals surface area contributed by atoms with Gasteiger partial charge in [0, 0.05) is 23.7 Å². The minimum absolute atomic E-state index is 0.0196. The average Bonchev–Trinajstić information content (AvgIpc) is 3.03. The summed E-state index contributed by atoms with van der Waals surface area (Å²) in [6.45, 7) is 1.57. The summed E-state index contributed by atoms with van der Waals surface area (Å²) in [5.74, 6) is 1.41. The molecule has 0 aromatic heterocycles. The van der Waals surface area contributed by atoms with E-state index in [9.17, 15) is 8.78 Å². The quantitative estimate of drug-likeness (QED) is 0.925. The Bertz CT molecular complexity index is 510. The first-order chi connectivity index (χ1) is 9.60. The van der Waals surface area contributed by atoms with Crippen molar-refractivity contribution in [3.05, 3.63) is 23.3 Å². The molecule has 0 spiro atoms. The SMILES string of the molecule is CN1CC(CN)CC1c1cc(C(F)F)cc2c1OCO2. The van der Waals surface area contributed by atoms with Crippen LogP contribution < -0.4 is 15.2 Å². The standard InChI is InChI=1S/C14H18F2N2O2/c1-18-6-8(5-17)2-11(18)10-3-9(14(15)16)4-12-13(10)20-7-19-12/h3-4,8,11,14H,2,5-7,17H2,1H3. The molecule has 0 radical (unpaired) electrons. The Morgan fingerprint density at radius 2 is 2.20 bits per heavy atom. The average molecular weight is 284 g/mol. The second-order valence-corrected chi connectivity index (χ2v) is 5.44. The van der Waals surface area contributed by atoms with Crippen LogP contribution in [-0.4, -0.2) is 31.8 Å². The van der Waals surface area contributed by atoms with Gasteiger partial charge in [0.2, 0.25) is 6.79 Å². The number of benzene rings is 1. The van der Waals surface area contributed by atoms with Gasteiger partial charge >= 0.3 is 0 Å². The van der Waals surface area contributed by atoms with Gasteiger partial charge in [0.25, 0.3) is 6.43 Å². The van der Waals surface area contributed by atoms with E-state index < -0.39 is 6.43 Å². The van der Waals surface area contributed by atoms with Crippen molar-refractivity contribution in [1.82, 2.24) is 4.90 Å². The van der Waals surface area contributed by atoms with Crippen LogP contribution in [0.2, 0.25) is 0 Å². The predicted molar refractivity (Wildman–Crippen MR) is 70.1 cm³/mol. The fourth-order valence-electron chi connectivity index (χ4n) is 3.07. The van der Waals surface area contributed by atoms with Gasteiger partial charge in [-0.25, -0.2) is 8.78 Å². The van der Waals surface area contributed by atoms with E-state index in [1.165, 1.54) is 12.1 Å². The van der Waals surface area contributed by atoms with Gasteiger partial charge in [-0.15, -0.1) is 0 Å². The first-order valence-electron chi connectivity index (χ1n) is 6.72. The van der Waals surface area contributed by atoms with E-state index in [0.717, 1.165) is 18.5 Å². The molecule has 2 N–H and O–H groups in total. The highest BCUT2D eigenvalue weighted by Crippen LogP contribution is 2.46. The third-order valence-corrected chi connectivity index (χ3v) is 4.10. The number of likely N-dealkylation sites (tertiary alicyclic amines) is 1. The fraction of sp³-hybridized carbons (Fsp3) is 0.571. The van der Waals surface area contributed by atoms with E-state index in [2.05, 4.69) is 4.90 Å². The maximum absolute atomic E-state index is 13.0. The van der Waals surface area contributed by atoms with Gasteiger partial charge in [-0.1, -0.05) is 0 Å². The molecule has 20 heavy (non-hydrogen) atoms. The van der Waals surface area contributed by atoms with Crippen molar-refractivity contribution in [2.24, 2.45) is 11.7 Å². The van der Waals surface area contributed by atoms with E-state index in [1.807, 2.05) is 7.05 Å². The van der Waals surface area contributed by atoms with Gasteiger partial charge in [-0.05, 0) is 38.1 Å². The largest absolute Gasteiger partial charge is 0.454 e. The first-order valence-corrected chi connectivity index (χ1v) is 6.72. The number of nitrogens with two attached hydrogens (primary N) is 1. The number of alkyl halides is 2. The molecule has 1 aromatic rings. The normalized spacial score (nSPS) is 25.6. The molecule has 0 bridgehead atoms. The fourth-order valence-corrected chi connectivity index (χ4v) is 3.07. The summed E-state index contributed by atoms with van der Waals surface area (Å²) in [6, 6.07) is 2.96. The second kappa shape index (κ2) is 5.18. The zero-order valence-corrected chi connectivity index (χ0v) is 11.3. The molecule has 110 valence electrons. The van der Waals surface area contributed by atoms with Crippen LogP contribution in [0, 0.1) is 5.92 Å². The molecule has 1 saturated heterocycles. The lowest BCUT2D eigenvalue weighted by Gasteiger charge is -2.21. The van der Waals surface area contributed by atoms with Crippen LogP contribution in [0.3, 0.4) is 0 Å². The van der Waals surface area contributed by atoms with Crippen LogP contribution in [0.15, 0.2) is 12.1 Å². The number of halogens is 2. The van der Waals surface area contributed by atoms with Crippen molar-refractivity contribution in [2.45, 2.75) is 18.9 Å². The highest BCUT2D eigenvalue weighted by atomic mass is 19.3. The number of fused-ring (bicyclic) bond motifs is 1. The molecule has 0 saturated carbocycles. The van der Waals surface area contributed by atoms with Crippen LogP contribution in [0.4, 0.5) is 8.78 Å². The van der Waals surface area contributed by atoms with Crippen molar-refractivity contribution in [3.8, 4) is 11.5 Å². The summed E-state index contributed by atoms with van der Waals surface area (Å²) in [5.41, 5.74) is 6.49. The van der Waals surface area contributed by atoms with E-state index in [4.69, 9.17) is 15.2 Å². The highest BCUT2D eigenvalue weighted by Gasteiger charge is 2.34. The van der Waals surface area contributed by atoms with Crippen LogP contribution in [0.5, 0.6) is 11.5 Å². The van der Waals surface area contributed by atoms with Crippen molar-refractivity contribution >= 4 is 0 Å². The highest BCUT2D eigenvalue weighted by molar-refractivity contribution is 5.52. The van der Waals surface area contributed by atoms with Crippen molar-refractivity contribution in [2.75, 3.05) is 26.9 Å². The van der Waals surface area contributed by atoms with Crippen LogP contribution in [0.25, 0.3) is 0 Å². The molecule has 1 fully saturated rings. The minimum atomic E-state index is -2.51. The summed E-state index contributed by atoms with van der Waals surface area (Å²) < 4.78 is 36.8. The number of hydrogen-bond acceptors (Lipinski definition) is 4. The van der Waals surface area contributed by atoms with Gasteiger partial charge in [-0.3, -0.25) is 4.90 Å². The van der Waals surface area contributed by atoms with Crippen LogP contribution in [0.1, 0.15) is 30.0 Å². The Kier molecular flexibility index (Phi) is 3.52. The smallest absolute Gasteiger partial charge is 0.263 e. The lowest BCUT2D eigenvalue weighted by atomic mass is 9.97. The Morgan fingerprint density at radius 1 is 1.40 bits per heavy atom. The molecule has 6 heteroatoms. The molecule has 2 aliphatic heterocycles. The molecule has 2 unspecified atom stereocenters. The van der Waals surface area contributed by atoms with Crippen LogP contribution in [-0.2, 0) is 0 Å². The number of ether oxygens (including phenoxy) is 2. The maximum atomic E-state index is 13.0. The summed E-state index contributed by atoms with van der Waals surface area (Å²) in [5, 5.41) is 0. The number of hydrogen-bond donors (Lipinski definition) is 1. The van der Waals surface area contributed by atoms with Gasteiger partial charge in [0.1, 0.15) is 0 Å². The monoisotopic (exact) mass is 284 g/mol. The van der Waals surface area contributed by atoms with Crippen molar-refractivity contribution < 1.29 is 18.3 Å². The van der Waals surface area contributed by atoms with Gasteiger partial charge in [0.15, 0.2) is 11.5 Å². The lowest BCUT2D eigenvalue weighted by molar-refractivity contribution is 0.150. The Hall–Kier alpha value is -1.40. The molecule has 4 nitrogen and oxygen atoms in total. The zero-order chi connectivity index (χ0) is 14.3. The molecule has 2 heterocycles. The van der Waals surface area contributed by atoms with Gasteiger partial charge in [-0.2, -0.15) is 0 Å². The number of nitrogens with zero attached hydrogens (tertiary/aromatic N) is 1. The number of rotatable bonds is 3. The third kappa shape index (κ3) is 2.23. The molecule has 3 rings (SSSR count). The maximum Gasteiger partial charge on any atom is 0.263 e. The summed E-state index contributed by atoms with van der Waals surface area (Å²) >= 11 is 0. The van der Waals surface area contributed by atoms with E-state index >= 15 is 0 Å². The predicted octanol–water partition coefficient (Wildman–Crippen LogP) is 2.30. The van der Waals surface area contributed by atoms with Crippen molar-refractivity contribution in [1.29, 1.82) is 0 Å². The molecular formula is C14H18F2N2O2. The summed E-state index contributed by atoms with van der Waals surface area (Å²) in [6.07, 6.45) is -1.66. The molecule has 0 aliphatic carbocycles. The molecule has 2 atom stereocenters. The first kappa shape index (κ1) is 13.6. The van der Waals surface area contributed by atoms with Crippen LogP contribution >= 0.6 is 0 Å². The van der Waals surface area contributed by atoms with E-state index in [1.54, 1.807) is 0 Å². The van der Waals surface area contributed by atoms with Gasteiger partial charge < -0.3 is 15.2 Å². The Labute approximate surface area is 116 Å². The van der Waals surface area contributed by atoms with Gasteiger partial charge in [0.05, 0.1) is 0 Å². The molecule has 0 amide bonds. The zero-order valence-electron chi connectivity index (χ0n) is 11.3. The Morgan fingerprint density at radius 3 is 2.85 bits per heavy atom. The summed E-state index contributed by atoms with van der Waals surface area (Å²) in [4.78, 5) is 2.14. The molecular weight excluding hydrogens is 266 g/mol.